The van der Waals surface area contributed by atoms with Gasteiger partial charge in [0.1, 0.15) is 6.10 Å². The van der Waals surface area contributed by atoms with E-state index >= 15 is 0 Å². The van der Waals surface area contributed by atoms with Crippen molar-refractivity contribution in [2.75, 3.05) is 13.2 Å². The summed E-state index contributed by atoms with van der Waals surface area (Å²) in [5, 5.41) is 8.75. The third-order valence-corrected chi connectivity index (χ3v) is 3.81. The van der Waals surface area contributed by atoms with Crippen molar-refractivity contribution in [1.29, 1.82) is 0 Å². The van der Waals surface area contributed by atoms with Gasteiger partial charge in [-0.15, -0.1) is 0 Å². The lowest BCUT2D eigenvalue weighted by atomic mass is 9.97. The molecule has 2 unspecified atom stereocenters. The second-order valence-corrected chi connectivity index (χ2v) is 5.12. The predicted molar refractivity (Wildman–Crippen MR) is 65.2 cm³/mol. The molecule has 0 aromatic rings. The van der Waals surface area contributed by atoms with E-state index in [1.165, 1.54) is 0 Å². The van der Waals surface area contributed by atoms with Crippen molar-refractivity contribution in [3.05, 3.63) is 0 Å². The molecule has 18 heavy (non-hydrogen) atoms. The van der Waals surface area contributed by atoms with Crippen LogP contribution in [0.15, 0.2) is 0 Å². The van der Waals surface area contributed by atoms with Gasteiger partial charge >= 0.3 is 5.97 Å². The molecular formula is C13H21NO4. The Kier molecular flexibility index (Phi) is 4.58. The van der Waals surface area contributed by atoms with Crippen LogP contribution in [0.5, 0.6) is 0 Å². The van der Waals surface area contributed by atoms with E-state index in [0.29, 0.717) is 13.0 Å². The molecule has 1 amide bonds. The minimum atomic E-state index is -0.787. The van der Waals surface area contributed by atoms with Crippen molar-refractivity contribution < 1.29 is 19.4 Å². The summed E-state index contributed by atoms with van der Waals surface area (Å²) in [5.74, 6) is -0.715. The lowest BCUT2D eigenvalue weighted by Crippen LogP contribution is -2.48. The number of amides is 1. The third-order valence-electron chi connectivity index (χ3n) is 3.81. The number of carboxylic acids is 1. The minimum Gasteiger partial charge on any atom is -0.481 e. The first-order chi connectivity index (χ1) is 8.68. The first-order valence-corrected chi connectivity index (χ1v) is 6.82. The number of hydrogen-bond acceptors (Lipinski definition) is 3. The zero-order chi connectivity index (χ0) is 13.0. The molecule has 2 saturated heterocycles. The SMILES string of the molecule is O=C(O)CCC1CCCCN1C(=O)C1CCCO1. The number of nitrogens with zero attached hydrogens (tertiary/aromatic N) is 1. The fraction of sp³-hybridized carbons (Fsp3) is 0.846. The quantitative estimate of drug-likeness (QED) is 0.824. The van der Waals surface area contributed by atoms with Crippen molar-refractivity contribution in [3.8, 4) is 0 Å². The number of piperidine rings is 1. The summed E-state index contributed by atoms with van der Waals surface area (Å²) in [5.41, 5.74) is 0. The first kappa shape index (κ1) is 13.3. The van der Waals surface area contributed by atoms with Crippen LogP contribution in [0, 0.1) is 0 Å². The summed E-state index contributed by atoms with van der Waals surface area (Å²) in [6.45, 7) is 1.42. The van der Waals surface area contributed by atoms with Gasteiger partial charge < -0.3 is 14.7 Å². The summed E-state index contributed by atoms with van der Waals surface area (Å²) in [4.78, 5) is 24.8. The van der Waals surface area contributed by atoms with E-state index in [2.05, 4.69) is 0 Å². The lowest BCUT2D eigenvalue weighted by Gasteiger charge is -2.37. The zero-order valence-electron chi connectivity index (χ0n) is 10.6. The van der Waals surface area contributed by atoms with Gasteiger partial charge in [0.05, 0.1) is 0 Å². The highest BCUT2D eigenvalue weighted by molar-refractivity contribution is 5.81. The van der Waals surface area contributed by atoms with Crippen LogP contribution < -0.4 is 0 Å². The molecule has 2 aliphatic heterocycles. The Morgan fingerprint density at radius 1 is 1.22 bits per heavy atom. The highest BCUT2D eigenvalue weighted by atomic mass is 16.5. The molecule has 102 valence electrons. The van der Waals surface area contributed by atoms with Gasteiger partial charge in [-0.05, 0) is 38.5 Å². The van der Waals surface area contributed by atoms with Crippen molar-refractivity contribution in [2.24, 2.45) is 0 Å². The number of carbonyl (C=O) groups excluding carboxylic acids is 1. The highest BCUT2D eigenvalue weighted by Crippen LogP contribution is 2.24. The van der Waals surface area contributed by atoms with Crippen LogP contribution in [0.1, 0.15) is 44.9 Å². The third kappa shape index (κ3) is 3.22. The van der Waals surface area contributed by atoms with Gasteiger partial charge in [-0.1, -0.05) is 0 Å². The number of carboxylic acid groups (broad SMARTS) is 1. The van der Waals surface area contributed by atoms with E-state index in [1.54, 1.807) is 0 Å². The molecule has 5 nitrogen and oxygen atoms in total. The maximum atomic E-state index is 12.3. The normalized spacial score (nSPS) is 28.3. The molecule has 0 spiro atoms. The van der Waals surface area contributed by atoms with E-state index < -0.39 is 5.97 Å². The molecular weight excluding hydrogens is 234 g/mol. The Hall–Kier alpha value is -1.10. The standard InChI is InChI=1S/C13H21NO4/c15-12(16)7-6-10-4-1-2-8-14(10)13(17)11-5-3-9-18-11/h10-11H,1-9H2,(H,15,16). The minimum absolute atomic E-state index is 0.0718. The summed E-state index contributed by atoms with van der Waals surface area (Å²) < 4.78 is 5.43. The monoisotopic (exact) mass is 255 g/mol. The fourth-order valence-electron chi connectivity index (χ4n) is 2.84. The Balaban J connectivity index is 1.93. The van der Waals surface area contributed by atoms with Crippen LogP contribution in [-0.4, -0.2) is 47.2 Å². The van der Waals surface area contributed by atoms with E-state index in [4.69, 9.17) is 9.84 Å². The van der Waals surface area contributed by atoms with Crippen molar-refractivity contribution in [3.63, 3.8) is 0 Å². The van der Waals surface area contributed by atoms with E-state index in [9.17, 15) is 9.59 Å². The second kappa shape index (κ2) is 6.18. The van der Waals surface area contributed by atoms with Gasteiger partial charge in [0.15, 0.2) is 0 Å². The number of carbonyl (C=O) groups is 2. The topological polar surface area (TPSA) is 66.8 Å². The first-order valence-electron chi connectivity index (χ1n) is 6.82. The number of rotatable bonds is 4. The zero-order valence-corrected chi connectivity index (χ0v) is 10.6. The Morgan fingerprint density at radius 2 is 2.06 bits per heavy atom. The number of aliphatic carboxylic acids is 1. The van der Waals surface area contributed by atoms with Crippen LogP contribution in [0.3, 0.4) is 0 Å². The molecule has 0 bridgehead atoms. The van der Waals surface area contributed by atoms with Crippen LogP contribution in [0.25, 0.3) is 0 Å². The Bertz CT molecular complexity index is 312. The molecule has 2 fully saturated rings. The van der Waals surface area contributed by atoms with Gasteiger partial charge in [-0.2, -0.15) is 0 Å². The van der Waals surface area contributed by atoms with Crippen LogP contribution in [0.4, 0.5) is 0 Å². The van der Waals surface area contributed by atoms with Crippen molar-refractivity contribution in [2.45, 2.75) is 57.1 Å². The molecule has 5 heteroatoms. The van der Waals surface area contributed by atoms with Gasteiger partial charge in [-0.3, -0.25) is 9.59 Å². The van der Waals surface area contributed by atoms with Gasteiger partial charge in [-0.25, -0.2) is 0 Å². The second-order valence-electron chi connectivity index (χ2n) is 5.12. The van der Waals surface area contributed by atoms with E-state index in [1.807, 2.05) is 4.90 Å². The Labute approximate surface area is 107 Å². The molecule has 2 aliphatic rings. The molecule has 0 radical (unpaired) electrons. The average Bonchev–Trinajstić information content (AvgIpc) is 2.89. The highest BCUT2D eigenvalue weighted by Gasteiger charge is 2.33. The molecule has 0 aliphatic carbocycles. The van der Waals surface area contributed by atoms with E-state index in [0.717, 1.165) is 38.6 Å². The fourth-order valence-corrected chi connectivity index (χ4v) is 2.84. The summed E-state index contributed by atoms with van der Waals surface area (Å²) >= 11 is 0. The van der Waals surface area contributed by atoms with Crippen LogP contribution in [0.2, 0.25) is 0 Å². The maximum absolute atomic E-state index is 12.3. The summed E-state index contributed by atoms with van der Waals surface area (Å²) in [7, 11) is 0. The lowest BCUT2D eigenvalue weighted by molar-refractivity contribution is -0.146. The van der Waals surface area contributed by atoms with Crippen LogP contribution >= 0.6 is 0 Å². The molecule has 0 aromatic carbocycles. The summed E-state index contributed by atoms with van der Waals surface area (Å²) in [6.07, 6.45) is 5.20. The van der Waals surface area contributed by atoms with Gasteiger partial charge in [0.2, 0.25) is 0 Å². The number of ether oxygens (including phenoxy) is 1. The molecule has 0 aromatic heterocycles. The molecule has 0 saturated carbocycles. The smallest absolute Gasteiger partial charge is 0.303 e. The van der Waals surface area contributed by atoms with Crippen molar-refractivity contribution >= 4 is 11.9 Å². The largest absolute Gasteiger partial charge is 0.481 e. The molecule has 1 N–H and O–H groups in total. The molecule has 2 rings (SSSR count). The van der Waals surface area contributed by atoms with Crippen molar-refractivity contribution in [1.82, 2.24) is 4.90 Å². The summed E-state index contributed by atoms with van der Waals surface area (Å²) in [6, 6.07) is 0.0894. The van der Waals surface area contributed by atoms with Gasteiger partial charge in [0, 0.05) is 25.6 Å². The predicted octanol–water partition coefficient (Wildman–Crippen LogP) is 1.41. The Morgan fingerprint density at radius 3 is 2.72 bits per heavy atom. The molecule has 2 heterocycles. The number of hydrogen-bond donors (Lipinski definition) is 1. The van der Waals surface area contributed by atoms with E-state index in [-0.39, 0.29) is 24.5 Å². The van der Waals surface area contributed by atoms with Crippen LogP contribution in [-0.2, 0) is 14.3 Å². The molecule has 2 atom stereocenters. The van der Waals surface area contributed by atoms with Gasteiger partial charge in [0.25, 0.3) is 5.91 Å². The number of likely N-dealkylation sites (tertiary alicyclic amines) is 1. The average molecular weight is 255 g/mol. The maximum Gasteiger partial charge on any atom is 0.303 e.